The fourth-order valence-electron chi connectivity index (χ4n) is 14.9. The number of hydrogen-bond acceptors (Lipinski definition) is 1. The summed E-state index contributed by atoms with van der Waals surface area (Å²) in [6.07, 6.45) is 0. The summed E-state index contributed by atoms with van der Waals surface area (Å²) in [6.45, 7) is 0. The first-order valence-corrected chi connectivity index (χ1v) is 28.6. The third-order valence-corrected chi connectivity index (χ3v) is 18.3. The highest BCUT2D eigenvalue weighted by Gasteiger charge is 2.52. The van der Waals surface area contributed by atoms with Crippen molar-refractivity contribution >= 4 is 38.9 Å². The molecular formula is C80H52N2. The molecule has 0 atom stereocenters. The molecule has 17 rings (SSSR count). The monoisotopic (exact) mass is 1040 g/mol. The summed E-state index contributed by atoms with van der Waals surface area (Å²) in [4.78, 5) is 2.50. The quantitative estimate of drug-likeness (QED) is 0.147. The third kappa shape index (κ3) is 6.52. The molecule has 382 valence electrons. The molecule has 3 aliphatic carbocycles. The zero-order valence-electron chi connectivity index (χ0n) is 44.9. The van der Waals surface area contributed by atoms with Crippen LogP contribution in [0.15, 0.2) is 315 Å². The van der Waals surface area contributed by atoms with Gasteiger partial charge in [-0.25, -0.2) is 0 Å². The van der Waals surface area contributed by atoms with Crippen molar-refractivity contribution in [2.75, 3.05) is 4.90 Å². The van der Waals surface area contributed by atoms with Gasteiger partial charge in [0.25, 0.3) is 0 Å². The van der Waals surface area contributed by atoms with Crippen LogP contribution in [0, 0.1) is 0 Å². The zero-order chi connectivity index (χ0) is 53.9. The molecule has 0 radical (unpaired) electrons. The van der Waals surface area contributed by atoms with Crippen molar-refractivity contribution < 1.29 is 0 Å². The fraction of sp³-hybridized carbons (Fsp3) is 0.0250. The molecule has 1 heterocycles. The molecule has 0 saturated carbocycles. The molecule has 82 heavy (non-hydrogen) atoms. The van der Waals surface area contributed by atoms with Crippen LogP contribution in [0.25, 0.3) is 83.1 Å². The van der Waals surface area contributed by atoms with E-state index in [1.54, 1.807) is 0 Å². The predicted octanol–water partition coefficient (Wildman–Crippen LogP) is 20.3. The Hall–Kier alpha value is -10.5. The molecule has 0 amide bonds. The van der Waals surface area contributed by atoms with E-state index in [-0.39, 0.29) is 0 Å². The number of rotatable bonds is 8. The number of nitrogens with zero attached hydrogens (tertiary/aromatic N) is 2. The number of aromatic nitrogens is 1. The molecule has 13 aromatic carbocycles. The molecular weight excluding hydrogens is 989 g/mol. The standard InChI is InChI=1S/C80H52N2/c1-4-20-57(21-5-1)79(58-22-6-2-7-23-58)71-31-15-13-29-66(71)70-51-61(46-49-75(70)79)81(62-45-48-67-65-28-12-18-34-74(65)80(76(67)52-62)72-32-16-10-26-63(72)64-27-11-17-33-73(64)80)60-43-40-54(41-44-60)53-36-38-55(39-37-53)56-42-47-69-68-30-14-19-35-77(68)82(78(69)50-56)59-24-8-3-9-25-59/h1-52H. The van der Waals surface area contributed by atoms with E-state index in [4.69, 9.17) is 0 Å². The van der Waals surface area contributed by atoms with Gasteiger partial charge in [-0.1, -0.05) is 255 Å². The molecule has 0 saturated heterocycles. The highest BCUT2D eigenvalue weighted by molar-refractivity contribution is 6.10. The molecule has 0 fully saturated rings. The van der Waals surface area contributed by atoms with Gasteiger partial charge in [0.2, 0.25) is 0 Å². The van der Waals surface area contributed by atoms with Crippen LogP contribution >= 0.6 is 0 Å². The third-order valence-electron chi connectivity index (χ3n) is 18.3. The lowest BCUT2D eigenvalue weighted by atomic mass is 9.68. The maximum absolute atomic E-state index is 2.51. The average Bonchev–Trinajstić information content (AvgIpc) is 1.66. The van der Waals surface area contributed by atoms with E-state index in [9.17, 15) is 0 Å². The summed E-state index contributed by atoms with van der Waals surface area (Å²) in [5, 5.41) is 2.51. The fourth-order valence-corrected chi connectivity index (χ4v) is 14.9. The molecule has 3 aliphatic rings. The Morgan fingerprint density at radius 3 is 1.23 bits per heavy atom. The van der Waals surface area contributed by atoms with Gasteiger partial charge in [-0.05, 0) is 161 Å². The van der Waals surface area contributed by atoms with Crippen molar-refractivity contribution in [3.8, 4) is 61.3 Å². The van der Waals surface area contributed by atoms with Crippen molar-refractivity contribution in [3.05, 3.63) is 360 Å². The first kappa shape index (κ1) is 46.4. The topological polar surface area (TPSA) is 8.17 Å². The predicted molar refractivity (Wildman–Crippen MR) is 340 cm³/mol. The Kier molecular flexibility index (Phi) is 10.2. The summed E-state index contributed by atoms with van der Waals surface area (Å²) in [5.74, 6) is 0. The Bertz CT molecular complexity index is 4740. The maximum Gasteiger partial charge on any atom is 0.0726 e. The van der Waals surface area contributed by atoms with E-state index in [2.05, 4.69) is 325 Å². The average molecular weight is 1040 g/mol. The van der Waals surface area contributed by atoms with E-state index in [0.29, 0.717) is 0 Å². The van der Waals surface area contributed by atoms with Gasteiger partial charge in [-0.2, -0.15) is 0 Å². The van der Waals surface area contributed by atoms with Crippen LogP contribution in [0.4, 0.5) is 17.1 Å². The molecule has 14 aromatic rings. The van der Waals surface area contributed by atoms with Gasteiger partial charge in [-0.3, -0.25) is 0 Å². The van der Waals surface area contributed by atoms with Crippen LogP contribution in [0.2, 0.25) is 0 Å². The summed E-state index contributed by atoms with van der Waals surface area (Å²) in [5.41, 5.74) is 28.7. The van der Waals surface area contributed by atoms with Gasteiger partial charge < -0.3 is 9.47 Å². The highest BCUT2D eigenvalue weighted by atomic mass is 15.1. The van der Waals surface area contributed by atoms with Gasteiger partial charge in [0.05, 0.1) is 21.9 Å². The number of para-hydroxylation sites is 2. The van der Waals surface area contributed by atoms with E-state index in [1.807, 2.05) is 0 Å². The Labute approximate surface area is 477 Å². The molecule has 0 bridgehead atoms. The number of hydrogen-bond donors (Lipinski definition) is 0. The van der Waals surface area contributed by atoms with E-state index >= 15 is 0 Å². The van der Waals surface area contributed by atoms with Gasteiger partial charge in [0.1, 0.15) is 0 Å². The first-order chi connectivity index (χ1) is 40.7. The van der Waals surface area contributed by atoms with Crippen LogP contribution < -0.4 is 4.90 Å². The van der Waals surface area contributed by atoms with Gasteiger partial charge in [0, 0.05) is 33.5 Å². The van der Waals surface area contributed by atoms with Crippen LogP contribution in [0.1, 0.15) is 44.5 Å². The number of anilines is 3. The van der Waals surface area contributed by atoms with Crippen LogP contribution in [0.3, 0.4) is 0 Å². The summed E-state index contributed by atoms with van der Waals surface area (Å²) in [6, 6.07) is 118. The van der Waals surface area contributed by atoms with Crippen LogP contribution in [-0.4, -0.2) is 4.57 Å². The number of benzene rings is 13. The maximum atomic E-state index is 2.51. The van der Waals surface area contributed by atoms with E-state index in [0.717, 1.165) is 28.3 Å². The van der Waals surface area contributed by atoms with Crippen LogP contribution in [0.5, 0.6) is 0 Å². The molecule has 2 nitrogen and oxygen atoms in total. The minimum absolute atomic E-state index is 0.481. The molecule has 0 aliphatic heterocycles. The minimum Gasteiger partial charge on any atom is -0.310 e. The Balaban J connectivity index is 0.818. The normalized spacial score (nSPS) is 13.6. The SMILES string of the molecule is c1ccc(-n2c3ccccc3c3ccc(-c4ccc(-c5ccc(N(c6ccc7c(c6)-c6ccccc6C7(c6ccccc6)c6ccccc6)c6ccc7c(c6)C6(c8ccccc8-c8ccccc86)c6ccccc6-7)cc5)cc4)cc32)cc1. The van der Waals surface area contributed by atoms with Crippen LogP contribution in [-0.2, 0) is 10.8 Å². The second kappa shape index (κ2) is 18.0. The van der Waals surface area contributed by atoms with Gasteiger partial charge >= 0.3 is 0 Å². The van der Waals surface area contributed by atoms with E-state index < -0.39 is 10.8 Å². The molecule has 1 spiro atoms. The van der Waals surface area contributed by atoms with Crippen molar-refractivity contribution in [3.63, 3.8) is 0 Å². The van der Waals surface area contributed by atoms with Crippen molar-refractivity contribution in [1.82, 2.24) is 4.57 Å². The Morgan fingerprint density at radius 1 is 0.232 bits per heavy atom. The van der Waals surface area contributed by atoms with Crippen molar-refractivity contribution in [1.29, 1.82) is 0 Å². The second-order valence-corrected chi connectivity index (χ2v) is 22.3. The molecule has 0 N–H and O–H groups in total. The summed E-state index contributed by atoms with van der Waals surface area (Å²) >= 11 is 0. The van der Waals surface area contributed by atoms with Gasteiger partial charge in [0.15, 0.2) is 0 Å². The first-order valence-electron chi connectivity index (χ1n) is 28.6. The Morgan fingerprint density at radius 2 is 0.634 bits per heavy atom. The van der Waals surface area contributed by atoms with E-state index in [1.165, 1.54) is 116 Å². The number of fused-ring (bicyclic) bond motifs is 16. The summed E-state index contributed by atoms with van der Waals surface area (Å²) in [7, 11) is 0. The lowest BCUT2D eigenvalue weighted by Crippen LogP contribution is -2.28. The molecule has 2 heteroatoms. The van der Waals surface area contributed by atoms with Crippen molar-refractivity contribution in [2.24, 2.45) is 0 Å². The van der Waals surface area contributed by atoms with Gasteiger partial charge in [-0.15, -0.1) is 0 Å². The molecule has 0 unspecified atom stereocenters. The zero-order valence-corrected chi connectivity index (χ0v) is 44.9. The van der Waals surface area contributed by atoms with Crippen molar-refractivity contribution in [2.45, 2.75) is 10.8 Å². The largest absolute Gasteiger partial charge is 0.310 e. The summed E-state index contributed by atoms with van der Waals surface area (Å²) < 4.78 is 2.39. The highest BCUT2D eigenvalue weighted by Crippen LogP contribution is 2.64. The smallest absolute Gasteiger partial charge is 0.0726 e. The second-order valence-electron chi connectivity index (χ2n) is 22.3. The lowest BCUT2D eigenvalue weighted by Gasteiger charge is -2.34. The molecule has 1 aromatic heterocycles. The minimum atomic E-state index is -0.501. The lowest BCUT2D eigenvalue weighted by molar-refractivity contribution is 0.768.